The van der Waals surface area contributed by atoms with Gasteiger partial charge in [0.15, 0.2) is 0 Å². The molecule has 0 fully saturated rings. The van der Waals surface area contributed by atoms with Crippen LogP contribution in [0.4, 0.5) is 0 Å². The van der Waals surface area contributed by atoms with Crippen LogP contribution in [0.25, 0.3) is 0 Å². The van der Waals surface area contributed by atoms with Crippen molar-refractivity contribution in [2.45, 2.75) is 26.4 Å². The second-order valence-electron chi connectivity index (χ2n) is 3.05. The molecule has 1 aromatic rings. The van der Waals surface area contributed by atoms with Crippen LogP contribution in [0.5, 0.6) is 5.75 Å². The number of hydrogen-bond donors (Lipinski definition) is 1. The Kier molecular flexibility index (Phi) is 3.50. The van der Waals surface area contributed by atoms with Crippen LogP contribution in [0.3, 0.4) is 0 Å². The Morgan fingerprint density at radius 1 is 1.38 bits per heavy atom. The van der Waals surface area contributed by atoms with E-state index >= 15 is 0 Å². The molecule has 1 aromatic carbocycles. The van der Waals surface area contributed by atoms with E-state index in [-0.39, 0.29) is 6.10 Å². The molecule has 1 atom stereocenters. The van der Waals surface area contributed by atoms with E-state index in [2.05, 4.69) is 6.92 Å². The Morgan fingerprint density at radius 3 is 2.46 bits per heavy atom. The van der Waals surface area contributed by atoms with Crippen LogP contribution >= 0.6 is 0 Å². The van der Waals surface area contributed by atoms with E-state index < -0.39 is 0 Å². The molecule has 13 heavy (non-hydrogen) atoms. The van der Waals surface area contributed by atoms with Crippen molar-refractivity contribution in [1.82, 2.24) is 0 Å². The molecule has 0 amide bonds. The van der Waals surface area contributed by atoms with Gasteiger partial charge in [-0.3, -0.25) is 0 Å². The summed E-state index contributed by atoms with van der Waals surface area (Å²) in [6.07, 6.45) is 2.59. The van der Waals surface area contributed by atoms with E-state index in [4.69, 9.17) is 10.1 Å². The molecule has 0 aliphatic heterocycles. The number of nitrogens with one attached hydrogen (secondary N) is 1. The van der Waals surface area contributed by atoms with Gasteiger partial charge in [-0.05, 0) is 43.2 Å². The van der Waals surface area contributed by atoms with Gasteiger partial charge in [0.25, 0.3) is 0 Å². The maximum atomic E-state index is 7.03. The molecule has 0 saturated carbocycles. The van der Waals surface area contributed by atoms with Crippen molar-refractivity contribution in [3.8, 4) is 5.75 Å². The zero-order valence-electron chi connectivity index (χ0n) is 8.08. The Labute approximate surface area is 79.1 Å². The summed E-state index contributed by atoms with van der Waals surface area (Å²) >= 11 is 0. The van der Waals surface area contributed by atoms with Gasteiger partial charge in [-0.2, -0.15) is 0 Å². The highest BCUT2D eigenvalue weighted by Gasteiger charge is 1.99. The average molecular weight is 177 g/mol. The fraction of sp³-hybridized carbons (Fsp3) is 0.364. The first kappa shape index (κ1) is 9.78. The minimum atomic E-state index is 0.255. The smallest absolute Gasteiger partial charge is 0.119 e. The summed E-state index contributed by atoms with van der Waals surface area (Å²) in [5.74, 6) is 0.875. The van der Waals surface area contributed by atoms with E-state index in [1.54, 1.807) is 0 Å². The van der Waals surface area contributed by atoms with Crippen LogP contribution < -0.4 is 4.74 Å². The fourth-order valence-corrected chi connectivity index (χ4v) is 0.958. The first-order chi connectivity index (χ1) is 6.26. The first-order valence-corrected chi connectivity index (χ1v) is 4.53. The highest BCUT2D eigenvalue weighted by atomic mass is 16.5. The fourth-order valence-electron chi connectivity index (χ4n) is 0.958. The Bertz CT molecular complexity index is 266. The maximum absolute atomic E-state index is 7.03. The van der Waals surface area contributed by atoms with Gasteiger partial charge < -0.3 is 10.1 Å². The Balaban J connectivity index is 2.63. The van der Waals surface area contributed by atoms with Crippen LogP contribution in [-0.4, -0.2) is 12.3 Å². The number of benzene rings is 1. The van der Waals surface area contributed by atoms with Crippen molar-refractivity contribution in [3.05, 3.63) is 29.8 Å². The molecular formula is C11H15NO. The van der Waals surface area contributed by atoms with E-state index in [1.807, 2.05) is 31.2 Å². The molecule has 0 aliphatic rings. The minimum Gasteiger partial charge on any atom is -0.491 e. The van der Waals surface area contributed by atoms with Crippen LogP contribution in [0.1, 0.15) is 25.8 Å². The first-order valence-electron chi connectivity index (χ1n) is 4.53. The maximum Gasteiger partial charge on any atom is 0.119 e. The van der Waals surface area contributed by atoms with Crippen molar-refractivity contribution in [2.24, 2.45) is 0 Å². The number of hydrogen-bond acceptors (Lipinski definition) is 2. The van der Waals surface area contributed by atoms with Crippen molar-refractivity contribution < 1.29 is 4.74 Å². The lowest BCUT2D eigenvalue weighted by molar-refractivity contribution is 0.217. The van der Waals surface area contributed by atoms with Crippen molar-refractivity contribution in [2.75, 3.05) is 0 Å². The van der Waals surface area contributed by atoms with Gasteiger partial charge in [0, 0.05) is 6.21 Å². The Hall–Kier alpha value is -1.31. The lowest BCUT2D eigenvalue weighted by Crippen LogP contribution is -2.09. The van der Waals surface area contributed by atoms with Gasteiger partial charge in [-0.15, -0.1) is 0 Å². The molecule has 2 nitrogen and oxygen atoms in total. The highest BCUT2D eigenvalue weighted by Crippen LogP contribution is 2.13. The van der Waals surface area contributed by atoms with E-state index in [9.17, 15) is 0 Å². The monoisotopic (exact) mass is 177 g/mol. The summed E-state index contributed by atoms with van der Waals surface area (Å²) in [5, 5.41) is 7.03. The molecule has 0 saturated heterocycles. The van der Waals surface area contributed by atoms with Gasteiger partial charge in [0.05, 0.1) is 6.10 Å². The Morgan fingerprint density at radius 2 is 2.00 bits per heavy atom. The van der Waals surface area contributed by atoms with Crippen molar-refractivity contribution in [3.63, 3.8) is 0 Å². The SMILES string of the molecule is CC[C@@H](C)Oc1ccc(C=N)cc1. The molecule has 0 radical (unpaired) electrons. The molecule has 0 bridgehead atoms. The summed E-state index contributed by atoms with van der Waals surface area (Å²) in [5.41, 5.74) is 0.900. The summed E-state index contributed by atoms with van der Waals surface area (Å²) in [7, 11) is 0. The quantitative estimate of drug-likeness (QED) is 0.705. The standard InChI is InChI=1S/C11H15NO/c1-3-9(2)13-11-6-4-10(8-12)5-7-11/h4-9,12H,3H2,1-2H3/t9-/m1/s1. The lowest BCUT2D eigenvalue weighted by Gasteiger charge is -2.12. The molecule has 0 spiro atoms. The van der Waals surface area contributed by atoms with E-state index in [0.29, 0.717) is 0 Å². The molecule has 0 unspecified atom stereocenters. The zero-order chi connectivity index (χ0) is 9.68. The second-order valence-corrected chi connectivity index (χ2v) is 3.05. The molecule has 0 aromatic heterocycles. The predicted molar refractivity (Wildman–Crippen MR) is 54.7 cm³/mol. The average Bonchev–Trinajstić information content (AvgIpc) is 2.19. The summed E-state index contributed by atoms with van der Waals surface area (Å²) in [6, 6.07) is 7.55. The zero-order valence-corrected chi connectivity index (χ0v) is 8.08. The van der Waals surface area contributed by atoms with Crippen LogP contribution in [0.2, 0.25) is 0 Å². The molecule has 1 N–H and O–H groups in total. The third-order valence-electron chi connectivity index (χ3n) is 1.96. The number of rotatable bonds is 4. The van der Waals surface area contributed by atoms with Gasteiger partial charge >= 0.3 is 0 Å². The molecule has 0 heterocycles. The van der Waals surface area contributed by atoms with Gasteiger partial charge in [-0.1, -0.05) is 6.92 Å². The largest absolute Gasteiger partial charge is 0.491 e. The molecule has 70 valence electrons. The van der Waals surface area contributed by atoms with Gasteiger partial charge in [-0.25, -0.2) is 0 Å². The third-order valence-corrected chi connectivity index (χ3v) is 1.96. The molecule has 2 heteroatoms. The number of ether oxygens (including phenoxy) is 1. The molecule has 0 aliphatic carbocycles. The summed E-state index contributed by atoms with van der Waals surface area (Å²) in [6.45, 7) is 4.14. The van der Waals surface area contributed by atoms with Gasteiger partial charge in [0.2, 0.25) is 0 Å². The minimum absolute atomic E-state index is 0.255. The van der Waals surface area contributed by atoms with Crippen LogP contribution in [-0.2, 0) is 0 Å². The second kappa shape index (κ2) is 4.65. The normalized spacial score (nSPS) is 12.2. The third kappa shape index (κ3) is 2.90. The van der Waals surface area contributed by atoms with E-state index in [0.717, 1.165) is 17.7 Å². The predicted octanol–water partition coefficient (Wildman–Crippen LogP) is 2.86. The van der Waals surface area contributed by atoms with Crippen molar-refractivity contribution in [1.29, 1.82) is 5.41 Å². The lowest BCUT2D eigenvalue weighted by atomic mass is 10.2. The van der Waals surface area contributed by atoms with Crippen molar-refractivity contribution >= 4 is 6.21 Å². The highest BCUT2D eigenvalue weighted by molar-refractivity contribution is 5.76. The summed E-state index contributed by atoms with van der Waals surface area (Å²) in [4.78, 5) is 0. The topological polar surface area (TPSA) is 33.1 Å². The van der Waals surface area contributed by atoms with E-state index in [1.165, 1.54) is 6.21 Å². The van der Waals surface area contributed by atoms with Gasteiger partial charge in [0.1, 0.15) is 5.75 Å². The molecule has 1 rings (SSSR count). The summed E-state index contributed by atoms with van der Waals surface area (Å²) < 4.78 is 5.59. The van der Waals surface area contributed by atoms with Crippen LogP contribution in [0.15, 0.2) is 24.3 Å². The van der Waals surface area contributed by atoms with Crippen LogP contribution in [0, 0.1) is 5.41 Å². The molecular weight excluding hydrogens is 162 g/mol.